The summed E-state index contributed by atoms with van der Waals surface area (Å²) in [6.07, 6.45) is -21.4. The average molecular weight is 486 g/mol. The molecule has 2 aromatic heterocycles. The highest BCUT2D eigenvalue weighted by atomic mass is 19.4. The van der Waals surface area contributed by atoms with Crippen molar-refractivity contribution in [2.45, 2.75) is 24.7 Å². The lowest BCUT2D eigenvalue weighted by Crippen LogP contribution is -2.20. The number of pyridine rings is 2. The second-order valence-corrected chi connectivity index (χ2v) is 6.07. The molecule has 0 spiro atoms. The smallest absolute Gasteiger partial charge is 0.368 e. The zero-order valence-corrected chi connectivity index (χ0v) is 15.2. The van der Waals surface area contributed by atoms with Gasteiger partial charge >= 0.3 is 24.7 Å². The van der Waals surface area contributed by atoms with Gasteiger partial charge in [0.15, 0.2) is 0 Å². The number of nitrogens with zero attached hydrogens (tertiary/aromatic N) is 2. The van der Waals surface area contributed by atoms with Gasteiger partial charge in [0, 0.05) is 25.5 Å². The summed E-state index contributed by atoms with van der Waals surface area (Å²) in [5, 5.41) is 4.43. The first-order valence-electron chi connectivity index (χ1n) is 8.17. The molecule has 0 amide bonds. The molecule has 32 heavy (non-hydrogen) atoms. The molecule has 2 N–H and O–H groups in total. The average Bonchev–Trinajstić information content (AvgIpc) is 2.62. The Bertz CT molecular complexity index is 866. The molecule has 0 aliphatic rings. The van der Waals surface area contributed by atoms with Crippen molar-refractivity contribution in [2.24, 2.45) is 0 Å². The highest BCUT2D eigenvalue weighted by Gasteiger charge is 2.44. The molecule has 0 fully saturated rings. The molecule has 0 aliphatic heterocycles. The van der Waals surface area contributed by atoms with E-state index in [0.717, 1.165) is 0 Å². The van der Waals surface area contributed by atoms with Crippen molar-refractivity contribution >= 4 is 11.6 Å². The van der Waals surface area contributed by atoms with Crippen LogP contribution in [0.4, 0.5) is 64.3 Å². The van der Waals surface area contributed by atoms with Crippen molar-refractivity contribution in [3.8, 4) is 0 Å². The quantitative estimate of drug-likeness (QED) is 0.398. The number of halogens is 12. The first kappa shape index (κ1) is 25.3. The summed E-state index contributed by atoms with van der Waals surface area (Å²) < 4.78 is 153. The Hall–Kier alpha value is -2.94. The monoisotopic (exact) mass is 486 g/mol. The Morgan fingerprint density at radius 3 is 1.03 bits per heavy atom. The summed E-state index contributed by atoms with van der Waals surface area (Å²) in [6.45, 7) is -0.751. The summed E-state index contributed by atoms with van der Waals surface area (Å²) in [5.74, 6) is -1.24. The van der Waals surface area contributed by atoms with Gasteiger partial charge in [-0.2, -0.15) is 52.7 Å². The van der Waals surface area contributed by atoms with Gasteiger partial charge in [-0.3, -0.25) is 0 Å². The molecule has 0 aliphatic carbocycles. The molecular formula is C16H10F12N4. The van der Waals surface area contributed by atoms with Gasteiger partial charge in [-0.25, -0.2) is 9.97 Å². The van der Waals surface area contributed by atoms with Crippen molar-refractivity contribution in [1.29, 1.82) is 0 Å². The Labute approximate surface area is 170 Å². The zero-order valence-electron chi connectivity index (χ0n) is 15.2. The molecule has 0 bridgehead atoms. The van der Waals surface area contributed by atoms with E-state index < -0.39 is 58.6 Å². The predicted molar refractivity (Wildman–Crippen MR) is 85.5 cm³/mol. The van der Waals surface area contributed by atoms with Crippen molar-refractivity contribution < 1.29 is 52.7 Å². The first-order chi connectivity index (χ1) is 14.4. The molecule has 0 saturated carbocycles. The molecule has 16 heteroatoms. The van der Waals surface area contributed by atoms with Gasteiger partial charge in [-0.1, -0.05) is 0 Å². The Kier molecular flexibility index (Phi) is 6.76. The number of nitrogens with one attached hydrogen (secondary N) is 2. The summed E-state index contributed by atoms with van der Waals surface area (Å²) >= 11 is 0. The fourth-order valence-electron chi connectivity index (χ4n) is 2.41. The minimum absolute atomic E-state index is 0.0361. The number of aromatic nitrogens is 2. The van der Waals surface area contributed by atoms with E-state index in [4.69, 9.17) is 0 Å². The molecule has 0 atom stereocenters. The topological polar surface area (TPSA) is 49.8 Å². The number of hydrogen-bond donors (Lipinski definition) is 2. The van der Waals surface area contributed by atoms with Crippen molar-refractivity contribution in [1.82, 2.24) is 9.97 Å². The van der Waals surface area contributed by atoms with Crippen molar-refractivity contribution in [3.05, 3.63) is 46.8 Å². The number of rotatable bonds is 5. The van der Waals surface area contributed by atoms with Crippen molar-refractivity contribution in [3.63, 3.8) is 0 Å². The van der Waals surface area contributed by atoms with Crippen molar-refractivity contribution in [2.75, 3.05) is 23.7 Å². The standard InChI is InChI=1S/C16H10F12N4/c17-13(18,19)7-3-11(31-5-9(7)15(23,24)25)29-1-2-30-12-4-8(14(20,21)22)10(6-32-12)16(26,27)28/h3-6H,1-2H2,(H,29,31)(H,30,32). The lowest BCUT2D eigenvalue weighted by atomic mass is 10.1. The molecule has 0 aromatic carbocycles. The van der Waals surface area contributed by atoms with E-state index in [2.05, 4.69) is 20.6 Å². The normalized spacial score (nSPS) is 13.2. The summed E-state index contributed by atoms with van der Waals surface area (Å²) in [6, 6.07) is 0.196. The molecule has 2 aromatic rings. The summed E-state index contributed by atoms with van der Waals surface area (Å²) in [4.78, 5) is 6.40. The van der Waals surface area contributed by atoms with Crippen LogP contribution in [0.15, 0.2) is 24.5 Å². The third-order valence-corrected chi connectivity index (χ3v) is 3.77. The fourth-order valence-corrected chi connectivity index (χ4v) is 2.41. The fraction of sp³-hybridized carbons (Fsp3) is 0.375. The van der Waals surface area contributed by atoms with Gasteiger partial charge in [-0.15, -0.1) is 0 Å². The molecule has 0 unspecified atom stereocenters. The number of hydrogen-bond acceptors (Lipinski definition) is 4. The second kappa shape index (κ2) is 8.54. The molecule has 178 valence electrons. The van der Waals surface area contributed by atoms with E-state index in [1.165, 1.54) is 0 Å². The van der Waals surface area contributed by atoms with Crippen LogP contribution < -0.4 is 10.6 Å². The molecule has 0 saturated heterocycles. The van der Waals surface area contributed by atoms with Crippen LogP contribution in [0.2, 0.25) is 0 Å². The zero-order chi connectivity index (χ0) is 24.5. The van der Waals surface area contributed by atoms with E-state index in [1.54, 1.807) is 0 Å². The maximum absolute atomic E-state index is 12.9. The maximum Gasteiger partial charge on any atom is 0.418 e. The molecule has 4 nitrogen and oxygen atoms in total. The van der Waals surface area contributed by atoms with Gasteiger partial charge in [0.1, 0.15) is 11.6 Å². The predicted octanol–water partition coefficient (Wildman–Crippen LogP) is 6.08. The van der Waals surface area contributed by atoms with Gasteiger partial charge < -0.3 is 10.6 Å². The van der Waals surface area contributed by atoms with E-state index in [0.29, 0.717) is 0 Å². The van der Waals surface area contributed by atoms with Crippen LogP contribution in [0.25, 0.3) is 0 Å². The number of alkyl halides is 12. The SMILES string of the molecule is FC(F)(F)c1cnc(NCCNc2cc(C(F)(F)F)c(C(F)(F)F)cn2)cc1C(F)(F)F. The molecule has 2 rings (SSSR count). The van der Waals surface area contributed by atoms with Crippen LogP contribution in [-0.4, -0.2) is 23.1 Å². The summed E-state index contributed by atoms with van der Waals surface area (Å²) in [5.41, 5.74) is -8.03. The largest absolute Gasteiger partial charge is 0.418 e. The van der Waals surface area contributed by atoms with Crippen LogP contribution in [-0.2, 0) is 24.7 Å². The Morgan fingerprint density at radius 1 is 0.500 bits per heavy atom. The van der Waals surface area contributed by atoms with Crippen LogP contribution in [0.1, 0.15) is 22.3 Å². The van der Waals surface area contributed by atoms with Gasteiger partial charge in [-0.05, 0) is 12.1 Å². The third kappa shape index (κ3) is 6.29. The van der Waals surface area contributed by atoms with Crippen LogP contribution in [0, 0.1) is 0 Å². The third-order valence-electron chi connectivity index (χ3n) is 3.77. The van der Waals surface area contributed by atoms with E-state index in [1.807, 2.05) is 0 Å². The minimum Gasteiger partial charge on any atom is -0.368 e. The Morgan fingerprint density at radius 2 is 0.781 bits per heavy atom. The van der Waals surface area contributed by atoms with E-state index >= 15 is 0 Å². The lowest BCUT2D eigenvalue weighted by Gasteiger charge is -2.17. The van der Waals surface area contributed by atoms with Crippen LogP contribution in [0.3, 0.4) is 0 Å². The van der Waals surface area contributed by atoms with Gasteiger partial charge in [0.05, 0.1) is 22.3 Å². The van der Waals surface area contributed by atoms with Crippen LogP contribution in [0.5, 0.6) is 0 Å². The maximum atomic E-state index is 12.9. The Balaban J connectivity index is 2.11. The lowest BCUT2D eigenvalue weighted by molar-refractivity contribution is -0.162. The van der Waals surface area contributed by atoms with Crippen LogP contribution >= 0.6 is 0 Å². The molecule has 0 radical (unpaired) electrons. The molecular weight excluding hydrogens is 476 g/mol. The van der Waals surface area contributed by atoms with Gasteiger partial charge in [0.25, 0.3) is 0 Å². The highest BCUT2D eigenvalue weighted by Crippen LogP contribution is 2.41. The minimum atomic E-state index is -5.35. The van der Waals surface area contributed by atoms with Gasteiger partial charge in [0.2, 0.25) is 0 Å². The molecule has 2 heterocycles. The van der Waals surface area contributed by atoms with E-state index in [-0.39, 0.29) is 37.6 Å². The highest BCUT2D eigenvalue weighted by molar-refractivity contribution is 5.45. The first-order valence-corrected chi connectivity index (χ1v) is 8.17. The summed E-state index contributed by atoms with van der Waals surface area (Å²) in [7, 11) is 0. The number of anilines is 2. The van der Waals surface area contributed by atoms with E-state index in [9.17, 15) is 52.7 Å². The second-order valence-electron chi connectivity index (χ2n) is 6.07.